The van der Waals surface area contributed by atoms with E-state index in [4.69, 9.17) is 5.11 Å². The molecule has 2 rings (SSSR count). The van der Waals surface area contributed by atoms with Crippen molar-refractivity contribution in [3.63, 3.8) is 0 Å². The number of aliphatic carboxylic acids is 1. The van der Waals surface area contributed by atoms with Crippen LogP contribution in [0.2, 0.25) is 0 Å². The van der Waals surface area contributed by atoms with Gasteiger partial charge in [0, 0.05) is 17.4 Å². The summed E-state index contributed by atoms with van der Waals surface area (Å²) in [4.78, 5) is 14.9. The van der Waals surface area contributed by atoms with Crippen molar-refractivity contribution in [2.75, 3.05) is 0 Å². The van der Waals surface area contributed by atoms with E-state index in [9.17, 15) is 4.79 Å². The number of rotatable bonds is 5. The molecule has 2 aromatic rings. The van der Waals surface area contributed by atoms with E-state index in [1.165, 1.54) is 0 Å². The van der Waals surface area contributed by atoms with Gasteiger partial charge in [0.25, 0.3) is 0 Å². The number of carboxylic acid groups (broad SMARTS) is 1. The molecule has 0 amide bonds. The number of carboxylic acids is 1. The highest BCUT2D eigenvalue weighted by Crippen LogP contribution is 2.22. The predicted octanol–water partition coefficient (Wildman–Crippen LogP) is 3.22. The van der Waals surface area contributed by atoms with E-state index in [-0.39, 0.29) is 6.42 Å². The van der Waals surface area contributed by atoms with Gasteiger partial charge in [-0.3, -0.25) is 4.79 Å². The molecule has 0 unspecified atom stereocenters. The van der Waals surface area contributed by atoms with Gasteiger partial charge in [0.2, 0.25) is 0 Å². The molecule has 88 valence electrons. The van der Waals surface area contributed by atoms with Crippen LogP contribution in [-0.4, -0.2) is 16.1 Å². The van der Waals surface area contributed by atoms with Crippen molar-refractivity contribution < 1.29 is 9.90 Å². The molecule has 0 saturated carbocycles. The van der Waals surface area contributed by atoms with Crippen LogP contribution < -0.4 is 0 Å². The Morgan fingerprint density at radius 3 is 2.76 bits per heavy atom. The van der Waals surface area contributed by atoms with E-state index < -0.39 is 5.97 Å². The summed E-state index contributed by atoms with van der Waals surface area (Å²) in [5, 5.41) is 11.6. The first-order valence-corrected chi connectivity index (χ1v) is 6.35. The lowest BCUT2D eigenvalue weighted by atomic mass is 10.2. The van der Waals surface area contributed by atoms with Gasteiger partial charge in [-0.05, 0) is 12.8 Å². The first-order valence-electron chi connectivity index (χ1n) is 5.47. The summed E-state index contributed by atoms with van der Waals surface area (Å²) < 4.78 is 0. The van der Waals surface area contributed by atoms with Crippen molar-refractivity contribution in [2.24, 2.45) is 0 Å². The Morgan fingerprint density at radius 1 is 1.29 bits per heavy atom. The molecule has 0 atom stereocenters. The minimum absolute atomic E-state index is 0.209. The monoisotopic (exact) mass is 247 g/mol. The number of hydrogen-bond donors (Lipinski definition) is 1. The van der Waals surface area contributed by atoms with E-state index in [0.29, 0.717) is 6.42 Å². The Bertz CT molecular complexity index is 493. The quantitative estimate of drug-likeness (QED) is 0.882. The standard InChI is InChI=1S/C13H13NO2S/c15-13(16)8-4-7-12-14-11(9-17-12)10-5-2-1-3-6-10/h1-3,5-6,9H,4,7-8H2,(H,15,16). The number of thiazole rings is 1. The lowest BCUT2D eigenvalue weighted by Crippen LogP contribution is -1.95. The third-order valence-electron chi connectivity index (χ3n) is 2.40. The van der Waals surface area contributed by atoms with Crippen LogP contribution in [0.3, 0.4) is 0 Å². The summed E-state index contributed by atoms with van der Waals surface area (Å²) in [5.41, 5.74) is 2.08. The smallest absolute Gasteiger partial charge is 0.303 e. The molecule has 4 heteroatoms. The van der Waals surface area contributed by atoms with Gasteiger partial charge in [-0.25, -0.2) is 4.98 Å². The molecule has 0 aliphatic heterocycles. The zero-order valence-corrected chi connectivity index (χ0v) is 10.1. The second kappa shape index (κ2) is 5.59. The highest BCUT2D eigenvalue weighted by molar-refractivity contribution is 7.09. The number of nitrogens with zero attached hydrogens (tertiary/aromatic N) is 1. The van der Waals surface area contributed by atoms with Crippen molar-refractivity contribution in [1.82, 2.24) is 4.98 Å². The van der Waals surface area contributed by atoms with E-state index in [1.807, 2.05) is 35.7 Å². The van der Waals surface area contributed by atoms with Gasteiger partial charge in [0.05, 0.1) is 10.7 Å². The average Bonchev–Trinajstić information content (AvgIpc) is 2.78. The van der Waals surface area contributed by atoms with Gasteiger partial charge in [-0.15, -0.1) is 11.3 Å². The fourth-order valence-electron chi connectivity index (χ4n) is 1.56. The maximum absolute atomic E-state index is 10.4. The summed E-state index contributed by atoms with van der Waals surface area (Å²) in [6.07, 6.45) is 1.60. The van der Waals surface area contributed by atoms with Gasteiger partial charge < -0.3 is 5.11 Å². The highest BCUT2D eigenvalue weighted by atomic mass is 32.1. The first-order chi connectivity index (χ1) is 8.25. The molecular weight excluding hydrogens is 234 g/mol. The number of aryl methyl sites for hydroxylation is 1. The van der Waals surface area contributed by atoms with Crippen LogP contribution in [0.1, 0.15) is 17.8 Å². The number of carbonyl (C=O) groups is 1. The molecule has 0 radical (unpaired) electrons. The first kappa shape index (κ1) is 11.8. The van der Waals surface area contributed by atoms with Crippen LogP contribution in [0.15, 0.2) is 35.7 Å². The highest BCUT2D eigenvalue weighted by Gasteiger charge is 2.05. The van der Waals surface area contributed by atoms with Crippen molar-refractivity contribution in [3.8, 4) is 11.3 Å². The Morgan fingerprint density at radius 2 is 2.06 bits per heavy atom. The SMILES string of the molecule is O=C(O)CCCc1nc(-c2ccccc2)cs1. The van der Waals surface area contributed by atoms with Gasteiger partial charge in [-0.1, -0.05) is 30.3 Å². The average molecular weight is 247 g/mol. The molecule has 1 aromatic heterocycles. The predicted molar refractivity (Wildman–Crippen MR) is 68.1 cm³/mol. The van der Waals surface area contributed by atoms with Crippen molar-refractivity contribution in [3.05, 3.63) is 40.7 Å². The van der Waals surface area contributed by atoms with Crippen molar-refractivity contribution >= 4 is 17.3 Å². The maximum atomic E-state index is 10.4. The molecule has 0 saturated heterocycles. The zero-order chi connectivity index (χ0) is 12.1. The number of aromatic nitrogens is 1. The maximum Gasteiger partial charge on any atom is 0.303 e. The van der Waals surface area contributed by atoms with E-state index in [1.54, 1.807) is 11.3 Å². The van der Waals surface area contributed by atoms with Crippen LogP contribution in [0, 0.1) is 0 Å². The Labute approximate surface area is 104 Å². The summed E-state index contributed by atoms with van der Waals surface area (Å²) in [7, 11) is 0. The minimum Gasteiger partial charge on any atom is -0.481 e. The second-order valence-electron chi connectivity index (χ2n) is 3.74. The van der Waals surface area contributed by atoms with Crippen LogP contribution >= 0.6 is 11.3 Å². The van der Waals surface area contributed by atoms with Crippen LogP contribution in [0.5, 0.6) is 0 Å². The van der Waals surface area contributed by atoms with E-state index in [0.717, 1.165) is 22.7 Å². The summed E-state index contributed by atoms with van der Waals surface area (Å²) in [6.45, 7) is 0. The third-order valence-corrected chi connectivity index (χ3v) is 3.31. The van der Waals surface area contributed by atoms with Crippen LogP contribution in [0.4, 0.5) is 0 Å². The van der Waals surface area contributed by atoms with Gasteiger partial charge in [0.1, 0.15) is 0 Å². The summed E-state index contributed by atoms with van der Waals surface area (Å²) >= 11 is 1.59. The molecule has 3 nitrogen and oxygen atoms in total. The molecule has 1 heterocycles. The normalized spacial score (nSPS) is 10.4. The molecule has 0 fully saturated rings. The largest absolute Gasteiger partial charge is 0.481 e. The zero-order valence-electron chi connectivity index (χ0n) is 9.30. The Balaban J connectivity index is 1.99. The van der Waals surface area contributed by atoms with Crippen molar-refractivity contribution in [1.29, 1.82) is 0 Å². The topological polar surface area (TPSA) is 50.2 Å². The molecule has 0 bridgehead atoms. The van der Waals surface area contributed by atoms with Crippen LogP contribution in [-0.2, 0) is 11.2 Å². The molecule has 1 aromatic carbocycles. The minimum atomic E-state index is -0.746. The molecular formula is C13H13NO2S. The van der Waals surface area contributed by atoms with Gasteiger partial charge in [0.15, 0.2) is 0 Å². The molecule has 1 N–H and O–H groups in total. The van der Waals surface area contributed by atoms with Gasteiger partial charge >= 0.3 is 5.97 Å². The van der Waals surface area contributed by atoms with Crippen LogP contribution in [0.25, 0.3) is 11.3 Å². The lowest BCUT2D eigenvalue weighted by Gasteiger charge is -1.95. The lowest BCUT2D eigenvalue weighted by molar-refractivity contribution is -0.137. The fourth-order valence-corrected chi connectivity index (χ4v) is 2.41. The van der Waals surface area contributed by atoms with Gasteiger partial charge in [-0.2, -0.15) is 0 Å². The second-order valence-corrected chi connectivity index (χ2v) is 4.68. The Kier molecular flexibility index (Phi) is 3.88. The summed E-state index contributed by atoms with van der Waals surface area (Å²) in [6, 6.07) is 9.99. The molecule has 0 aliphatic carbocycles. The summed E-state index contributed by atoms with van der Waals surface area (Å²) in [5.74, 6) is -0.746. The number of benzene rings is 1. The number of hydrogen-bond acceptors (Lipinski definition) is 3. The Hall–Kier alpha value is -1.68. The van der Waals surface area contributed by atoms with Crippen molar-refractivity contribution in [2.45, 2.75) is 19.3 Å². The van der Waals surface area contributed by atoms with E-state index >= 15 is 0 Å². The third kappa shape index (κ3) is 3.39. The molecule has 17 heavy (non-hydrogen) atoms. The molecule has 0 aliphatic rings. The fraction of sp³-hybridized carbons (Fsp3) is 0.231. The van der Waals surface area contributed by atoms with E-state index in [2.05, 4.69) is 4.98 Å². The molecule has 0 spiro atoms.